The number of benzene rings is 2. The lowest BCUT2D eigenvalue weighted by Gasteiger charge is -2.39. The van der Waals surface area contributed by atoms with Crippen LogP contribution in [0.2, 0.25) is 0 Å². The summed E-state index contributed by atoms with van der Waals surface area (Å²) in [6, 6.07) is 8.46. The standard InChI is InChI=1S/C22H27NO12/c24-8-16-18(28)19(29)20(30)22(35-16)34-14-3-1-2-12(27)17(14)21(31)23-7-11-4-5-13(32-9-25)15(6-11)33-10-26/h1-6,16,18-20,22,24-30H,7-10H2,(H,23,31)/t16-,18-,19+,20-,22-/m1/s1. The van der Waals surface area contributed by atoms with Gasteiger partial charge in [0.15, 0.2) is 25.1 Å². The lowest BCUT2D eigenvalue weighted by Crippen LogP contribution is -2.60. The molecule has 0 aliphatic carbocycles. The first-order chi connectivity index (χ1) is 16.8. The topological polar surface area (TPSA) is 208 Å². The molecular weight excluding hydrogens is 470 g/mol. The van der Waals surface area contributed by atoms with Gasteiger partial charge in [-0.3, -0.25) is 4.79 Å². The molecule has 1 fully saturated rings. The second-order valence-corrected chi connectivity index (χ2v) is 7.48. The van der Waals surface area contributed by atoms with Crippen molar-refractivity contribution in [3.8, 4) is 23.0 Å². The molecule has 1 saturated heterocycles. The molecular formula is C22H27NO12. The van der Waals surface area contributed by atoms with Crippen molar-refractivity contribution in [3.05, 3.63) is 47.5 Å². The molecule has 8 N–H and O–H groups in total. The Bertz CT molecular complexity index is 1000. The van der Waals surface area contributed by atoms with Gasteiger partial charge in [-0.05, 0) is 29.8 Å². The fourth-order valence-corrected chi connectivity index (χ4v) is 3.44. The lowest BCUT2D eigenvalue weighted by atomic mass is 9.99. The van der Waals surface area contributed by atoms with Gasteiger partial charge in [0.25, 0.3) is 5.91 Å². The van der Waals surface area contributed by atoms with Gasteiger partial charge < -0.3 is 60.0 Å². The molecule has 0 saturated carbocycles. The third kappa shape index (κ3) is 6.10. The maximum absolute atomic E-state index is 12.9. The summed E-state index contributed by atoms with van der Waals surface area (Å²) in [5, 5.41) is 70.2. The number of phenols is 1. The van der Waals surface area contributed by atoms with Crippen LogP contribution in [0.25, 0.3) is 0 Å². The van der Waals surface area contributed by atoms with E-state index in [1.54, 1.807) is 6.07 Å². The van der Waals surface area contributed by atoms with Crippen LogP contribution in [0, 0.1) is 0 Å². The van der Waals surface area contributed by atoms with Gasteiger partial charge in [-0.25, -0.2) is 0 Å². The van der Waals surface area contributed by atoms with Crippen molar-refractivity contribution in [2.45, 2.75) is 37.3 Å². The van der Waals surface area contributed by atoms with Crippen LogP contribution in [0.5, 0.6) is 23.0 Å². The number of amides is 1. The summed E-state index contributed by atoms with van der Waals surface area (Å²) in [7, 11) is 0. The fourth-order valence-electron chi connectivity index (χ4n) is 3.44. The average Bonchev–Trinajstić information content (AvgIpc) is 2.84. The van der Waals surface area contributed by atoms with Crippen LogP contribution in [0.15, 0.2) is 36.4 Å². The first-order valence-electron chi connectivity index (χ1n) is 10.5. The molecule has 0 spiro atoms. The number of hydrogen-bond acceptors (Lipinski definition) is 12. The smallest absolute Gasteiger partial charge is 0.259 e. The number of rotatable bonds is 10. The van der Waals surface area contributed by atoms with E-state index in [0.29, 0.717) is 5.56 Å². The number of aliphatic hydroxyl groups excluding tert-OH is 6. The van der Waals surface area contributed by atoms with Crippen LogP contribution < -0.4 is 19.5 Å². The molecule has 1 aliphatic heterocycles. The number of aromatic hydroxyl groups is 1. The Morgan fingerprint density at radius 3 is 2.31 bits per heavy atom. The molecule has 35 heavy (non-hydrogen) atoms. The first-order valence-corrected chi connectivity index (χ1v) is 10.5. The van der Waals surface area contributed by atoms with Crippen molar-refractivity contribution in [2.24, 2.45) is 0 Å². The van der Waals surface area contributed by atoms with E-state index in [-0.39, 0.29) is 29.4 Å². The van der Waals surface area contributed by atoms with Crippen molar-refractivity contribution < 1.29 is 59.5 Å². The van der Waals surface area contributed by atoms with Crippen molar-refractivity contribution in [1.29, 1.82) is 0 Å². The Hall–Kier alpha value is -3.17. The molecule has 0 bridgehead atoms. The van der Waals surface area contributed by atoms with Gasteiger partial charge in [-0.1, -0.05) is 12.1 Å². The maximum atomic E-state index is 12.9. The summed E-state index contributed by atoms with van der Waals surface area (Å²) in [6.07, 6.45) is -7.77. The molecule has 2 aromatic carbocycles. The van der Waals surface area contributed by atoms with Crippen LogP contribution in [-0.4, -0.2) is 92.6 Å². The molecule has 3 rings (SSSR count). The summed E-state index contributed by atoms with van der Waals surface area (Å²) in [4.78, 5) is 12.9. The van der Waals surface area contributed by atoms with E-state index >= 15 is 0 Å². The zero-order valence-corrected chi connectivity index (χ0v) is 18.4. The van der Waals surface area contributed by atoms with E-state index in [0.717, 1.165) is 0 Å². The Morgan fingerprint density at radius 2 is 1.63 bits per heavy atom. The van der Waals surface area contributed by atoms with Gasteiger partial charge in [0.1, 0.15) is 41.5 Å². The van der Waals surface area contributed by atoms with Crippen molar-refractivity contribution >= 4 is 5.91 Å². The third-order valence-electron chi connectivity index (χ3n) is 5.22. The summed E-state index contributed by atoms with van der Waals surface area (Å²) < 4.78 is 20.9. The Kier molecular flexibility index (Phi) is 9.06. The van der Waals surface area contributed by atoms with Crippen LogP contribution in [0.1, 0.15) is 15.9 Å². The highest BCUT2D eigenvalue weighted by atomic mass is 16.7. The van der Waals surface area contributed by atoms with Gasteiger partial charge in [-0.2, -0.15) is 0 Å². The molecule has 13 heteroatoms. The molecule has 192 valence electrons. The number of phenolic OH excluding ortho intramolecular Hbond substituents is 1. The number of carbonyl (C=O) groups excluding carboxylic acids is 1. The van der Waals surface area contributed by atoms with Gasteiger partial charge in [0.05, 0.1) is 6.61 Å². The number of aliphatic hydroxyl groups is 6. The molecule has 0 radical (unpaired) electrons. The summed E-state index contributed by atoms with van der Waals surface area (Å²) >= 11 is 0. The SMILES string of the molecule is O=C(NCc1ccc(OCO)c(OCO)c1)c1c(O)cccc1O[C@@H]1O[C@H](CO)[C@@H](O)[C@H](O)[C@H]1O. The molecule has 2 aromatic rings. The van der Waals surface area contributed by atoms with E-state index in [1.807, 2.05) is 0 Å². The second-order valence-electron chi connectivity index (χ2n) is 7.48. The van der Waals surface area contributed by atoms with Crippen LogP contribution in [-0.2, 0) is 11.3 Å². The Labute approximate surface area is 199 Å². The first kappa shape index (κ1) is 26.4. The van der Waals surface area contributed by atoms with E-state index in [4.69, 9.17) is 29.2 Å². The highest BCUT2D eigenvalue weighted by Gasteiger charge is 2.45. The highest BCUT2D eigenvalue weighted by Crippen LogP contribution is 2.32. The van der Waals surface area contributed by atoms with Gasteiger partial charge in [-0.15, -0.1) is 0 Å². The summed E-state index contributed by atoms with van der Waals surface area (Å²) in [5.74, 6) is -1.10. The van der Waals surface area contributed by atoms with Crippen LogP contribution in [0.3, 0.4) is 0 Å². The molecule has 0 aromatic heterocycles. The minimum atomic E-state index is -1.71. The molecule has 1 amide bonds. The number of ether oxygens (including phenoxy) is 4. The largest absolute Gasteiger partial charge is 0.507 e. The highest BCUT2D eigenvalue weighted by molar-refractivity contribution is 5.99. The van der Waals surface area contributed by atoms with Crippen LogP contribution >= 0.6 is 0 Å². The molecule has 0 unspecified atom stereocenters. The van der Waals surface area contributed by atoms with Crippen molar-refractivity contribution in [2.75, 3.05) is 20.2 Å². The maximum Gasteiger partial charge on any atom is 0.259 e. The van der Waals surface area contributed by atoms with Gasteiger partial charge >= 0.3 is 0 Å². The van der Waals surface area contributed by atoms with Crippen molar-refractivity contribution in [3.63, 3.8) is 0 Å². The Balaban J connectivity index is 1.76. The predicted octanol–water partition coefficient (Wildman–Crippen LogP) is -1.84. The normalized spacial score (nSPS) is 24.0. The average molecular weight is 497 g/mol. The summed E-state index contributed by atoms with van der Waals surface area (Å²) in [5.41, 5.74) is 0.232. The second kappa shape index (κ2) is 12.0. The van der Waals surface area contributed by atoms with Crippen molar-refractivity contribution in [1.82, 2.24) is 5.32 Å². The fraction of sp³-hybridized carbons (Fsp3) is 0.409. The molecule has 1 aliphatic rings. The predicted molar refractivity (Wildman–Crippen MR) is 116 cm³/mol. The zero-order valence-electron chi connectivity index (χ0n) is 18.4. The minimum absolute atomic E-state index is 0.0478. The zero-order chi connectivity index (χ0) is 25.5. The number of nitrogens with one attached hydrogen (secondary N) is 1. The molecule has 13 nitrogen and oxygen atoms in total. The lowest BCUT2D eigenvalue weighted by molar-refractivity contribution is -0.277. The van der Waals surface area contributed by atoms with E-state index in [1.165, 1.54) is 30.3 Å². The van der Waals surface area contributed by atoms with Gasteiger partial charge in [0, 0.05) is 6.54 Å². The minimum Gasteiger partial charge on any atom is -0.507 e. The summed E-state index contributed by atoms with van der Waals surface area (Å²) in [6.45, 7) is -1.97. The number of carbonyl (C=O) groups is 1. The van der Waals surface area contributed by atoms with E-state index in [9.17, 15) is 30.3 Å². The number of hydrogen-bond donors (Lipinski definition) is 8. The Morgan fingerprint density at radius 1 is 0.914 bits per heavy atom. The molecule has 1 heterocycles. The third-order valence-corrected chi connectivity index (χ3v) is 5.22. The van der Waals surface area contributed by atoms with E-state index < -0.39 is 62.6 Å². The quantitative estimate of drug-likeness (QED) is 0.170. The van der Waals surface area contributed by atoms with Crippen LogP contribution in [0.4, 0.5) is 0 Å². The van der Waals surface area contributed by atoms with Gasteiger partial charge in [0.2, 0.25) is 6.29 Å². The molecule has 5 atom stereocenters. The monoisotopic (exact) mass is 497 g/mol. The van der Waals surface area contributed by atoms with E-state index in [2.05, 4.69) is 5.32 Å².